The van der Waals surface area contributed by atoms with Crippen molar-refractivity contribution in [3.8, 4) is 0 Å². The van der Waals surface area contributed by atoms with Crippen LogP contribution < -0.4 is 0 Å². The van der Waals surface area contributed by atoms with E-state index in [1.54, 1.807) is 0 Å². The standard InChI is InChI=1S/C16H26N4O/c1-3-15-13(10-18(2)17-15)11-19-8-4-6-14(12-19)20-9-5-7-16(20)21/h10,14H,3-9,11-12H2,1-2H3/t14-/m1/s1. The molecule has 0 aliphatic carbocycles. The number of carbonyl (C=O) groups is 1. The van der Waals surface area contributed by atoms with Gasteiger partial charge in [0.25, 0.3) is 0 Å². The van der Waals surface area contributed by atoms with Gasteiger partial charge < -0.3 is 4.90 Å². The van der Waals surface area contributed by atoms with Gasteiger partial charge in [0.2, 0.25) is 5.91 Å². The number of aryl methyl sites for hydroxylation is 2. The Morgan fingerprint density at radius 1 is 1.33 bits per heavy atom. The van der Waals surface area contributed by atoms with Gasteiger partial charge in [-0.05, 0) is 32.2 Å². The lowest BCUT2D eigenvalue weighted by Gasteiger charge is -2.37. The third kappa shape index (κ3) is 3.12. The Morgan fingerprint density at radius 2 is 2.19 bits per heavy atom. The molecule has 1 amide bonds. The van der Waals surface area contributed by atoms with Crippen LogP contribution in [0.4, 0.5) is 0 Å². The van der Waals surface area contributed by atoms with Crippen molar-refractivity contribution < 1.29 is 4.79 Å². The lowest BCUT2D eigenvalue weighted by Crippen LogP contribution is -2.48. The second-order valence-corrected chi connectivity index (χ2v) is 6.35. The number of hydrogen-bond donors (Lipinski definition) is 0. The quantitative estimate of drug-likeness (QED) is 0.845. The van der Waals surface area contributed by atoms with Crippen molar-refractivity contribution in [2.24, 2.45) is 7.05 Å². The number of hydrogen-bond acceptors (Lipinski definition) is 3. The minimum absolute atomic E-state index is 0.359. The molecule has 2 aliphatic rings. The Hall–Kier alpha value is -1.36. The van der Waals surface area contributed by atoms with Crippen LogP contribution in [0.15, 0.2) is 6.20 Å². The summed E-state index contributed by atoms with van der Waals surface area (Å²) in [4.78, 5) is 16.6. The summed E-state index contributed by atoms with van der Waals surface area (Å²) in [5.74, 6) is 0.359. The van der Waals surface area contributed by atoms with Crippen LogP contribution in [0.25, 0.3) is 0 Å². The molecule has 3 rings (SSSR count). The average molecular weight is 290 g/mol. The van der Waals surface area contributed by atoms with Crippen molar-refractivity contribution in [2.45, 2.75) is 51.6 Å². The van der Waals surface area contributed by atoms with Gasteiger partial charge in [0.15, 0.2) is 0 Å². The number of aromatic nitrogens is 2. The van der Waals surface area contributed by atoms with E-state index < -0.39 is 0 Å². The molecule has 0 spiro atoms. The molecule has 2 saturated heterocycles. The van der Waals surface area contributed by atoms with Crippen molar-refractivity contribution >= 4 is 5.91 Å². The first-order chi connectivity index (χ1) is 10.2. The number of amides is 1. The molecule has 1 aromatic rings. The Balaban J connectivity index is 1.64. The van der Waals surface area contributed by atoms with Gasteiger partial charge in [-0.3, -0.25) is 14.4 Å². The fourth-order valence-electron chi connectivity index (χ4n) is 3.74. The summed E-state index contributed by atoms with van der Waals surface area (Å²) in [6.07, 6.45) is 7.27. The highest BCUT2D eigenvalue weighted by Gasteiger charge is 2.31. The highest BCUT2D eigenvalue weighted by molar-refractivity contribution is 5.78. The predicted octanol–water partition coefficient (Wildman–Crippen LogP) is 1.57. The van der Waals surface area contributed by atoms with E-state index in [9.17, 15) is 4.79 Å². The van der Waals surface area contributed by atoms with Crippen LogP contribution in [-0.2, 0) is 24.8 Å². The van der Waals surface area contributed by atoms with Crippen molar-refractivity contribution in [1.29, 1.82) is 0 Å². The van der Waals surface area contributed by atoms with Gasteiger partial charge >= 0.3 is 0 Å². The zero-order chi connectivity index (χ0) is 14.8. The number of nitrogens with zero attached hydrogens (tertiary/aromatic N) is 4. The van der Waals surface area contributed by atoms with Crippen LogP contribution >= 0.6 is 0 Å². The topological polar surface area (TPSA) is 41.4 Å². The number of likely N-dealkylation sites (tertiary alicyclic amines) is 2. The molecule has 0 unspecified atom stereocenters. The number of piperidine rings is 1. The summed E-state index contributed by atoms with van der Waals surface area (Å²) in [7, 11) is 1.99. The largest absolute Gasteiger partial charge is 0.338 e. The maximum atomic E-state index is 11.9. The molecule has 0 radical (unpaired) electrons. The molecular weight excluding hydrogens is 264 g/mol. The van der Waals surface area contributed by atoms with E-state index in [-0.39, 0.29) is 0 Å². The van der Waals surface area contributed by atoms with E-state index in [2.05, 4.69) is 28.0 Å². The third-order valence-corrected chi connectivity index (χ3v) is 4.75. The maximum Gasteiger partial charge on any atom is 0.222 e. The van der Waals surface area contributed by atoms with Gasteiger partial charge in [-0.2, -0.15) is 5.10 Å². The van der Waals surface area contributed by atoms with Gasteiger partial charge in [-0.1, -0.05) is 6.92 Å². The molecule has 1 atom stereocenters. The Kier molecular flexibility index (Phi) is 4.29. The van der Waals surface area contributed by atoms with Gasteiger partial charge in [0, 0.05) is 50.9 Å². The fraction of sp³-hybridized carbons (Fsp3) is 0.750. The highest BCUT2D eigenvalue weighted by Crippen LogP contribution is 2.23. The smallest absolute Gasteiger partial charge is 0.222 e. The van der Waals surface area contributed by atoms with Crippen LogP contribution in [0.1, 0.15) is 43.9 Å². The predicted molar refractivity (Wildman–Crippen MR) is 81.8 cm³/mol. The highest BCUT2D eigenvalue weighted by atomic mass is 16.2. The van der Waals surface area contributed by atoms with Crippen LogP contribution in [-0.4, -0.2) is 51.2 Å². The first-order valence-corrected chi connectivity index (χ1v) is 8.20. The second-order valence-electron chi connectivity index (χ2n) is 6.35. The zero-order valence-corrected chi connectivity index (χ0v) is 13.2. The van der Waals surface area contributed by atoms with Crippen LogP contribution in [0.2, 0.25) is 0 Å². The van der Waals surface area contributed by atoms with Crippen molar-refractivity contribution in [3.63, 3.8) is 0 Å². The van der Waals surface area contributed by atoms with E-state index in [1.165, 1.54) is 17.7 Å². The Morgan fingerprint density at radius 3 is 2.90 bits per heavy atom. The molecule has 0 saturated carbocycles. The van der Waals surface area contributed by atoms with Crippen molar-refractivity contribution in [3.05, 3.63) is 17.5 Å². The summed E-state index contributed by atoms with van der Waals surface area (Å²) in [6, 6.07) is 0.426. The van der Waals surface area contributed by atoms with Gasteiger partial charge in [-0.15, -0.1) is 0 Å². The Bertz CT molecular complexity index is 510. The molecule has 1 aromatic heterocycles. The van der Waals surface area contributed by atoms with E-state index >= 15 is 0 Å². The van der Waals surface area contributed by atoms with Crippen LogP contribution in [0.5, 0.6) is 0 Å². The Labute approximate surface area is 126 Å². The molecule has 0 bridgehead atoms. The monoisotopic (exact) mass is 290 g/mol. The van der Waals surface area contributed by atoms with E-state index in [0.29, 0.717) is 11.9 Å². The number of rotatable bonds is 4. The van der Waals surface area contributed by atoms with E-state index in [1.807, 2.05) is 11.7 Å². The molecule has 5 nitrogen and oxygen atoms in total. The van der Waals surface area contributed by atoms with Crippen molar-refractivity contribution in [1.82, 2.24) is 19.6 Å². The summed E-state index contributed by atoms with van der Waals surface area (Å²) >= 11 is 0. The molecule has 0 N–H and O–H groups in total. The summed E-state index contributed by atoms with van der Waals surface area (Å²) < 4.78 is 1.92. The lowest BCUT2D eigenvalue weighted by atomic mass is 10.0. The minimum Gasteiger partial charge on any atom is -0.338 e. The first kappa shape index (κ1) is 14.6. The first-order valence-electron chi connectivity index (χ1n) is 8.20. The average Bonchev–Trinajstić information content (AvgIpc) is 3.05. The minimum atomic E-state index is 0.359. The van der Waals surface area contributed by atoms with Gasteiger partial charge in [0.1, 0.15) is 0 Å². The summed E-state index contributed by atoms with van der Waals surface area (Å²) in [5, 5.41) is 4.53. The SMILES string of the molecule is CCc1nn(C)cc1CN1CCC[C@@H](N2CCCC2=O)C1. The van der Waals surface area contributed by atoms with Gasteiger partial charge in [0.05, 0.1) is 5.69 Å². The molecule has 3 heterocycles. The fourth-order valence-corrected chi connectivity index (χ4v) is 3.74. The zero-order valence-electron chi connectivity index (χ0n) is 13.2. The molecular formula is C16H26N4O. The molecule has 2 fully saturated rings. The molecule has 5 heteroatoms. The normalized spacial score (nSPS) is 24.0. The van der Waals surface area contributed by atoms with Crippen LogP contribution in [0.3, 0.4) is 0 Å². The maximum absolute atomic E-state index is 11.9. The van der Waals surface area contributed by atoms with Crippen molar-refractivity contribution in [2.75, 3.05) is 19.6 Å². The molecule has 0 aromatic carbocycles. The molecule has 21 heavy (non-hydrogen) atoms. The molecule has 116 valence electrons. The summed E-state index contributed by atoms with van der Waals surface area (Å²) in [6.45, 7) is 6.24. The summed E-state index contributed by atoms with van der Waals surface area (Å²) in [5.41, 5.74) is 2.55. The lowest BCUT2D eigenvalue weighted by molar-refractivity contribution is -0.130. The van der Waals surface area contributed by atoms with Gasteiger partial charge in [-0.25, -0.2) is 0 Å². The second kappa shape index (κ2) is 6.18. The molecule has 2 aliphatic heterocycles. The van der Waals surface area contributed by atoms with E-state index in [0.717, 1.165) is 51.9 Å². The van der Waals surface area contributed by atoms with Crippen LogP contribution in [0, 0.1) is 0 Å². The third-order valence-electron chi connectivity index (χ3n) is 4.75. The van der Waals surface area contributed by atoms with E-state index in [4.69, 9.17) is 0 Å². The number of carbonyl (C=O) groups excluding carboxylic acids is 1.